The molecule has 0 spiro atoms. The van der Waals surface area contributed by atoms with Crippen LogP contribution < -0.4 is 15.8 Å². The summed E-state index contributed by atoms with van der Waals surface area (Å²) in [6.07, 6.45) is 7.23. The first-order valence-corrected chi connectivity index (χ1v) is 8.00. The number of hydrogen-bond acceptors (Lipinski definition) is 3. The smallest absolute Gasteiger partial charge is 0.257 e. The van der Waals surface area contributed by atoms with Crippen molar-refractivity contribution in [1.29, 1.82) is 0 Å². The normalized spacial score (nSPS) is 10.4. The molecule has 0 bridgehead atoms. The van der Waals surface area contributed by atoms with Gasteiger partial charge in [0.2, 0.25) is 0 Å². The fourth-order valence-corrected chi connectivity index (χ4v) is 2.26. The van der Waals surface area contributed by atoms with E-state index >= 15 is 0 Å². The minimum atomic E-state index is -0.148. The van der Waals surface area contributed by atoms with Crippen LogP contribution in [0.4, 0.5) is 5.69 Å². The highest BCUT2D eigenvalue weighted by Gasteiger charge is 2.15. The molecule has 21 heavy (non-hydrogen) atoms. The second-order valence-electron chi connectivity index (χ2n) is 5.18. The highest BCUT2D eigenvalue weighted by Crippen LogP contribution is 2.24. The molecule has 4 nitrogen and oxygen atoms in total. The van der Waals surface area contributed by atoms with Gasteiger partial charge in [0.15, 0.2) is 0 Å². The first-order chi connectivity index (χ1) is 10.2. The zero-order valence-corrected chi connectivity index (χ0v) is 13.3. The number of nitrogens with two attached hydrogens (primary N) is 1. The molecule has 1 aromatic rings. The molecule has 0 aliphatic carbocycles. The molecule has 3 N–H and O–H groups in total. The summed E-state index contributed by atoms with van der Waals surface area (Å²) in [4.78, 5) is 12.2. The average Bonchev–Trinajstić information content (AvgIpc) is 2.46. The van der Waals surface area contributed by atoms with Crippen LogP contribution in [-0.2, 0) is 0 Å². The third-order valence-corrected chi connectivity index (χ3v) is 3.40. The summed E-state index contributed by atoms with van der Waals surface area (Å²) < 4.78 is 5.47. The number of unbranched alkanes of at least 4 members (excludes halogenated alkanes) is 5. The standard InChI is InChI=1S/C17H28N2O2/c1-3-5-6-7-8-9-13-19-17(20)16-14(18)11-10-12-15(16)21-4-2/h10-12H,3-9,13,18H2,1-2H3,(H,19,20). The van der Waals surface area contributed by atoms with Gasteiger partial charge in [-0.25, -0.2) is 0 Å². The molecule has 118 valence electrons. The van der Waals surface area contributed by atoms with E-state index in [1.54, 1.807) is 18.2 Å². The number of benzene rings is 1. The van der Waals surface area contributed by atoms with Gasteiger partial charge in [-0.05, 0) is 25.5 Å². The second kappa shape index (κ2) is 10.1. The van der Waals surface area contributed by atoms with Crippen LogP contribution in [0.5, 0.6) is 5.75 Å². The van der Waals surface area contributed by atoms with Crippen molar-refractivity contribution >= 4 is 11.6 Å². The lowest BCUT2D eigenvalue weighted by atomic mass is 10.1. The minimum Gasteiger partial charge on any atom is -0.493 e. The lowest BCUT2D eigenvalue weighted by Gasteiger charge is -2.12. The number of amides is 1. The number of carbonyl (C=O) groups is 1. The summed E-state index contributed by atoms with van der Waals surface area (Å²) in [6.45, 7) is 5.30. The van der Waals surface area contributed by atoms with Gasteiger partial charge in [0.05, 0.1) is 6.61 Å². The van der Waals surface area contributed by atoms with E-state index in [0.717, 1.165) is 12.8 Å². The van der Waals surface area contributed by atoms with Crippen molar-refractivity contribution in [2.45, 2.75) is 52.4 Å². The van der Waals surface area contributed by atoms with E-state index in [0.29, 0.717) is 30.2 Å². The molecule has 1 amide bonds. The Kier molecular flexibility index (Phi) is 8.32. The fourth-order valence-electron chi connectivity index (χ4n) is 2.26. The quantitative estimate of drug-likeness (QED) is 0.510. The molecule has 1 rings (SSSR count). The van der Waals surface area contributed by atoms with Crippen molar-refractivity contribution in [3.05, 3.63) is 23.8 Å². The number of ether oxygens (including phenoxy) is 1. The molecular formula is C17H28N2O2. The Morgan fingerprint density at radius 3 is 2.57 bits per heavy atom. The maximum Gasteiger partial charge on any atom is 0.257 e. The summed E-state index contributed by atoms with van der Waals surface area (Å²) in [5.74, 6) is 0.406. The summed E-state index contributed by atoms with van der Waals surface area (Å²) in [5.41, 5.74) is 6.81. The summed E-state index contributed by atoms with van der Waals surface area (Å²) in [5, 5.41) is 2.93. The largest absolute Gasteiger partial charge is 0.493 e. The lowest BCUT2D eigenvalue weighted by Crippen LogP contribution is -2.26. The van der Waals surface area contributed by atoms with Crippen LogP contribution in [0, 0.1) is 0 Å². The van der Waals surface area contributed by atoms with E-state index in [4.69, 9.17) is 10.5 Å². The number of rotatable bonds is 10. The predicted molar refractivity (Wildman–Crippen MR) is 87.7 cm³/mol. The highest BCUT2D eigenvalue weighted by molar-refractivity contribution is 6.01. The monoisotopic (exact) mass is 292 g/mol. The van der Waals surface area contributed by atoms with E-state index in [-0.39, 0.29) is 5.91 Å². The van der Waals surface area contributed by atoms with E-state index in [1.165, 1.54) is 25.7 Å². The number of nitrogens with one attached hydrogen (secondary N) is 1. The van der Waals surface area contributed by atoms with E-state index < -0.39 is 0 Å². The fraction of sp³-hybridized carbons (Fsp3) is 0.588. The molecule has 0 aliphatic rings. The third-order valence-electron chi connectivity index (χ3n) is 3.40. The third kappa shape index (κ3) is 6.06. The van der Waals surface area contributed by atoms with Crippen LogP contribution in [0.15, 0.2) is 18.2 Å². The maximum atomic E-state index is 12.2. The average molecular weight is 292 g/mol. The van der Waals surface area contributed by atoms with Crippen molar-refractivity contribution in [3.63, 3.8) is 0 Å². The zero-order valence-electron chi connectivity index (χ0n) is 13.3. The Labute approximate surface area is 128 Å². The number of anilines is 1. The van der Waals surface area contributed by atoms with Crippen molar-refractivity contribution in [2.75, 3.05) is 18.9 Å². The molecule has 0 atom stereocenters. The maximum absolute atomic E-state index is 12.2. The van der Waals surface area contributed by atoms with Crippen LogP contribution in [0.3, 0.4) is 0 Å². The zero-order chi connectivity index (χ0) is 15.5. The van der Waals surface area contributed by atoms with Crippen LogP contribution in [0.2, 0.25) is 0 Å². The van der Waals surface area contributed by atoms with Gasteiger partial charge < -0.3 is 15.8 Å². The van der Waals surface area contributed by atoms with Gasteiger partial charge >= 0.3 is 0 Å². The Morgan fingerprint density at radius 2 is 1.86 bits per heavy atom. The lowest BCUT2D eigenvalue weighted by molar-refractivity contribution is 0.0950. The summed E-state index contributed by atoms with van der Waals surface area (Å²) in [7, 11) is 0. The summed E-state index contributed by atoms with van der Waals surface area (Å²) in [6, 6.07) is 5.30. The molecular weight excluding hydrogens is 264 g/mol. The van der Waals surface area contributed by atoms with Crippen LogP contribution >= 0.6 is 0 Å². The highest BCUT2D eigenvalue weighted by atomic mass is 16.5. The van der Waals surface area contributed by atoms with Gasteiger partial charge in [0.25, 0.3) is 5.91 Å². The van der Waals surface area contributed by atoms with Crippen molar-refractivity contribution < 1.29 is 9.53 Å². The molecule has 0 aromatic heterocycles. The van der Waals surface area contributed by atoms with Crippen LogP contribution in [0.1, 0.15) is 62.7 Å². The molecule has 0 fully saturated rings. The Bertz CT molecular complexity index is 433. The minimum absolute atomic E-state index is 0.148. The first kappa shape index (κ1) is 17.3. The van der Waals surface area contributed by atoms with Gasteiger partial charge in [-0.2, -0.15) is 0 Å². The van der Waals surface area contributed by atoms with E-state index in [1.807, 2.05) is 6.92 Å². The Hall–Kier alpha value is -1.71. The van der Waals surface area contributed by atoms with Gasteiger partial charge in [0, 0.05) is 12.2 Å². The molecule has 0 aliphatic heterocycles. The molecule has 0 heterocycles. The number of hydrogen-bond donors (Lipinski definition) is 2. The van der Waals surface area contributed by atoms with Gasteiger partial charge in [0.1, 0.15) is 11.3 Å². The molecule has 0 unspecified atom stereocenters. The molecule has 4 heteroatoms. The molecule has 1 aromatic carbocycles. The summed E-state index contributed by atoms with van der Waals surface area (Å²) >= 11 is 0. The van der Waals surface area contributed by atoms with Crippen LogP contribution in [0.25, 0.3) is 0 Å². The first-order valence-electron chi connectivity index (χ1n) is 8.00. The predicted octanol–water partition coefficient (Wildman–Crippen LogP) is 3.76. The van der Waals surface area contributed by atoms with Gasteiger partial charge in [-0.1, -0.05) is 45.1 Å². The number of carbonyl (C=O) groups excluding carboxylic acids is 1. The topological polar surface area (TPSA) is 64.4 Å². The van der Waals surface area contributed by atoms with E-state index in [2.05, 4.69) is 12.2 Å². The molecule has 0 radical (unpaired) electrons. The van der Waals surface area contributed by atoms with E-state index in [9.17, 15) is 4.79 Å². The number of nitrogen functional groups attached to an aromatic ring is 1. The Morgan fingerprint density at radius 1 is 1.14 bits per heavy atom. The van der Waals surface area contributed by atoms with Gasteiger partial charge in [-0.3, -0.25) is 4.79 Å². The molecule has 0 saturated heterocycles. The van der Waals surface area contributed by atoms with Gasteiger partial charge in [-0.15, -0.1) is 0 Å². The van der Waals surface area contributed by atoms with Crippen LogP contribution in [-0.4, -0.2) is 19.1 Å². The van der Waals surface area contributed by atoms with Crippen molar-refractivity contribution in [3.8, 4) is 5.75 Å². The van der Waals surface area contributed by atoms with Crippen molar-refractivity contribution in [2.24, 2.45) is 0 Å². The van der Waals surface area contributed by atoms with Crippen molar-refractivity contribution in [1.82, 2.24) is 5.32 Å². The SMILES string of the molecule is CCCCCCCCNC(=O)c1c(N)cccc1OCC. The second-order valence-corrected chi connectivity index (χ2v) is 5.18. The Balaban J connectivity index is 2.41. The molecule has 0 saturated carbocycles.